The summed E-state index contributed by atoms with van der Waals surface area (Å²) < 4.78 is 5.24. The molecule has 4 nitrogen and oxygen atoms in total. The van der Waals surface area contributed by atoms with Crippen molar-refractivity contribution < 1.29 is 9.21 Å². The van der Waals surface area contributed by atoms with Crippen LogP contribution in [0, 0.1) is 6.92 Å². The fourth-order valence-corrected chi connectivity index (χ4v) is 2.50. The minimum atomic E-state index is -0.626. The van der Waals surface area contributed by atoms with Crippen LogP contribution in [0.2, 0.25) is 0 Å². The van der Waals surface area contributed by atoms with Crippen LogP contribution in [0.15, 0.2) is 63.8 Å². The third kappa shape index (κ3) is 3.16. The van der Waals surface area contributed by atoms with Gasteiger partial charge in [-0.25, -0.2) is 4.79 Å². The first-order valence-electron chi connectivity index (χ1n) is 7.45. The highest BCUT2D eigenvalue weighted by Crippen LogP contribution is 2.16. The largest absolute Gasteiger partial charge is 0.422 e. The molecule has 1 aromatic heterocycles. The predicted octanol–water partition coefficient (Wildman–Crippen LogP) is 3.59. The SMILES string of the molecule is Cc1ccc2oc(=O)c(C(=O)N[C@@H](C)c3ccccc3)cc2c1. The zero-order chi connectivity index (χ0) is 16.4. The van der Waals surface area contributed by atoms with Crippen LogP contribution in [0.1, 0.15) is 34.5 Å². The zero-order valence-corrected chi connectivity index (χ0v) is 13.0. The van der Waals surface area contributed by atoms with E-state index in [1.54, 1.807) is 12.1 Å². The standard InChI is InChI=1S/C19H17NO3/c1-12-8-9-17-15(10-12)11-16(19(22)23-17)18(21)20-13(2)14-6-4-3-5-7-14/h3-11,13H,1-2H3,(H,20,21)/t13-/m0/s1. The van der Waals surface area contributed by atoms with Crippen LogP contribution in [0.4, 0.5) is 0 Å². The lowest BCUT2D eigenvalue weighted by Crippen LogP contribution is -2.30. The van der Waals surface area contributed by atoms with Crippen molar-refractivity contribution in [2.24, 2.45) is 0 Å². The van der Waals surface area contributed by atoms with Crippen LogP contribution in [0.25, 0.3) is 11.0 Å². The lowest BCUT2D eigenvalue weighted by atomic mass is 10.1. The van der Waals surface area contributed by atoms with Crippen molar-refractivity contribution in [1.82, 2.24) is 5.32 Å². The molecule has 0 aliphatic carbocycles. The van der Waals surface area contributed by atoms with E-state index in [-0.39, 0.29) is 11.6 Å². The highest BCUT2D eigenvalue weighted by molar-refractivity contribution is 5.96. The van der Waals surface area contributed by atoms with Gasteiger partial charge in [-0.1, -0.05) is 42.0 Å². The molecule has 4 heteroatoms. The zero-order valence-electron chi connectivity index (χ0n) is 13.0. The van der Waals surface area contributed by atoms with Crippen LogP contribution < -0.4 is 10.9 Å². The highest BCUT2D eigenvalue weighted by Gasteiger charge is 2.16. The number of fused-ring (bicyclic) bond motifs is 1. The van der Waals surface area contributed by atoms with Crippen LogP contribution >= 0.6 is 0 Å². The summed E-state index contributed by atoms with van der Waals surface area (Å²) in [7, 11) is 0. The van der Waals surface area contributed by atoms with E-state index in [0.717, 1.165) is 16.5 Å². The topological polar surface area (TPSA) is 59.3 Å². The first-order chi connectivity index (χ1) is 11.0. The summed E-state index contributed by atoms with van der Waals surface area (Å²) in [6, 6.07) is 16.5. The summed E-state index contributed by atoms with van der Waals surface area (Å²) in [5.41, 5.74) is 1.88. The normalized spacial score (nSPS) is 12.1. The van der Waals surface area contributed by atoms with E-state index in [0.29, 0.717) is 5.58 Å². The first-order valence-corrected chi connectivity index (χ1v) is 7.45. The van der Waals surface area contributed by atoms with Crippen molar-refractivity contribution in [3.8, 4) is 0 Å². The molecule has 0 fully saturated rings. The number of aryl methyl sites for hydroxylation is 1. The first kappa shape index (κ1) is 15.0. The molecule has 0 radical (unpaired) electrons. The molecule has 1 N–H and O–H groups in total. The molecule has 0 saturated carbocycles. The van der Waals surface area contributed by atoms with E-state index >= 15 is 0 Å². The Kier molecular flexibility index (Phi) is 3.98. The van der Waals surface area contributed by atoms with Crippen LogP contribution in [0.5, 0.6) is 0 Å². The smallest absolute Gasteiger partial charge is 0.349 e. The summed E-state index contributed by atoms with van der Waals surface area (Å²) in [5.74, 6) is -0.432. The van der Waals surface area contributed by atoms with E-state index < -0.39 is 11.5 Å². The molecule has 0 aliphatic rings. The van der Waals surface area contributed by atoms with Gasteiger partial charge in [0, 0.05) is 5.39 Å². The molecule has 0 saturated heterocycles. The summed E-state index contributed by atoms with van der Waals surface area (Å²) in [6.45, 7) is 3.82. The van der Waals surface area contributed by atoms with Crippen molar-refractivity contribution >= 4 is 16.9 Å². The predicted molar refractivity (Wildman–Crippen MR) is 89.5 cm³/mol. The van der Waals surface area contributed by atoms with Gasteiger partial charge in [-0.05, 0) is 37.6 Å². The highest BCUT2D eigenvalue weighted by atomic mass is 16.4. The second-order valence-electron chi connectivity index (χ2n) is 5.59. The molecule has 0 bridgehead atoms. The van der Waals surface area contributed by atoms with Gasteiger partial charge in [0.2, 0.25) is 0 Å². The second kappa shape index (κ2) is 6.08. The fraction of sp³-hybridized carbons (Fsp3) is 0.158. The minimum Gasteiger partial charge on any atom is -0.422 e. The maximum atomic E-state index is 12.4. The van der Waals surface area contributed by atoms with Crippen LogP contribution in [-0.4, -0.2) is 5.91 Å². The Labute approximate surface area is 133 Å². The van der Waals surface area contributed by atoms with Crippen LogP contribution in [0.3, 0.4) is 0 Å². The Hall–Kier alpha value is -2.88. The van der Waals surface area contributed by atoms with E-state index in [2.05, 4.69) is 5.32 Å². The molecule has 1 amide bonds. The third-order valence-corrected chi connectivity index (χ3v) is 3.78. The van der Waals surface area contributed by atoms with Gasteiger partial charge >= 0.3 is 5.63 Å². The van der Waals surface area contributed by atoms with E-state index in [1.165, 1.54) is 0 Å². The number of carbonyl (C=O) groups is 1. The van der Waals surface area contributed by atoms with Gasteiger partial charge in [-0.15, -0.1) is 0 Å². The number of nitrogens with one attached hydrogen (secondary N) is 1. The number of amides is 1. The summed E-state index contributed by atoms with van der Waals surface area (Å²) in [4.78, 5) is 24.5. The molecular weight excluding hydrogens is 290 g/mol. The molecule has 23 heavy (non-hydrogen) atoms. The minimum absolute atomic E-state index is 0.0193. The third-order valence-electron chi connectivity index (χ3n) is 3.78. The Morgan fingerprint density at radius 2 is 1.83 bits per heavy atom. The molecule has 1 atom stereocenters. The summed E-state index contributed by atoms with van der Waals surface area (Å²) >= 11 is 0. The second-order valence-corrected chi connectivity index (χ2v) is 5.59. The van der Waals surface area contributed by atoms with Crippen molar-refractivity contribution in [2.45, 2.75) is 19.9 Å². The molecule has 116 valence electrons. The Morgan fingerprint density at radius 3 is 2.57 bits per heavy atom. The quantitative estimate of drug-likeness (QED) is 0.752. The molecule has 0 aliphatic heterocycles. The number of rotatable bonds is 3. The van der Waals surface area contributed by atoms with E-state index in [9.17, 15) is 9.59 Å². The van der Waals surface area contributed by atoms with E-state index in [4.69, 9.17) is 4.42 Å². The van der Waals surface area contributed by atoms with Gasteiger partial charge in [0.05, 0.1) is 6.04 Å². The molecular formula is C19H17NO3. The van der Waals surface area contributed by atoms with Gasteiger partial charge in [0.25, 0.3) is 5.91 Å². The number of benzene rings is 2. The summed E-state index contributed by atoms with van der Waals surface area (Å²) in [5, 5.41) is 3.57. The van der Waals surface area contributed by atoms with Gasteiger partial charge in [0.1, 0.15) is 11.1 Å². The van der Waals surface area contributed by atoms with Crippen molar-refractivity contribution in [3.63, 3.8) is 0 Å². The van der Waals surface area contributed by atoms with Gasteiger partial charge in [0.15, 0.2) is 0 Å². The fourth-order valence-electron chi connectivity index (χ4n) is 2.50. The molecule has 3 rings (SSSR count). The lowest BCUT2D eigenvalue weighted by molar-refractivity contribution is 0.0936. The van der Waals surface area contributed by atoms with Crippen molar-refractivity contribution in [3.05, 3.63) is 81.7 Å². The maximum absolute atomic E-state index is 12.4. The van der Waals surface area contributed by atoms with Gasteiger partial charge < -0.3 is 9.73 Å². The molecule has 2 aromatic carbocycles. The molecule has 0 unspecified atom stereocenters. The van der Waals surface area contributed by atoms with E-state index in [1.807, 2.05) is 56.3 Å². The maximum Gasteiger partial charge on any atom is 0.349 e. The average molecular weight is 307 g/mol. The molecule has 3 aromatic rings. The number of hydrogen-bond donors (Lipinski definition) is 1. The number of hydrogen-bond acceptors (Lipinski definition) is 3. The Morgan fingerprint density at radius 1 is 1.09 bits per heavy atom. The lowest BCUT2D eigenvalue weighted by Gasteiger charge is -2.14. The Bertz CT molecular complexity index is 913. The monoisotopic (exact) mass is 307 g/mol. The Balaban J connectivity index is 1.91. The summed E-state index contributed by atoms with van der Waals surface area (Å²) in [6.07, 6.45) is 0. The average Bonchev–Trinajstić information content (AvgIpc) is 2.55. The number of carbonyl (C=O) groups excluding carboxylic acids is 1. The van der Waals surface area contributed by atoms with Gasteiger partial charge in [-0.3, -0.25) is 4.79 Å². The molecule has 1 heterocycles. The molecule has 0 spiro atoms. The van der Waals surface area contributed by atoms with Crippen molar-refractivity contribution in [2.75, 3.05) is 0 Å². The van der Waals surface area contributed by atoms with Crippen LogP contribution in [-0.2, 0) is 0 Å². The van der Waals surface area contributed by atoms with Gasteiger partial charge in [-0.2, -0.15) is 0 Å². The van der Waals surface area contributed by atoms with Crippen molar-refractivity contribution in [1.29, 1.82) is 0 Å².